The number of pyridine rings is 1. The summed E-state index contributed by atoms with van der Waals surface area (Å²) in [4.78, 5) is 30.8. The van der Waals surface area contributed by atoms with Crippen molar-refractivity contribution in [2.75, 3.05) is 66.8 Å². The zero-order valence-electron chi connectivity index (χ0n) is 20.5. The first kappa shape index (κ1) is 24.0. The van der Waals surface area contributed by atoms with Gasteiger partial charge in [0.05, 0.1) is 46.1 Å². The van der Waals surface area contributed by atoms with Crippen LogP contribution in [0.4, 0.5) is 5.69 Å². The zero-order valence-corrected chi connectivity index (χ0v) is 20.5. The summed E-state index contributed by atoms with van der Waals surface area (Å²) in [6.07, 6.45) is 2.36. The number of aromatic nitrogens is 1. The van der Waals surface area contributed by atoms with Crippen molar-refractivity contribution in [3.05, 3.63) is 41.6 Å². The van der Waals surface area contributed by atoms with Gasteiger partial charge < -0.3 is 18.9 Å². The Bertz CT molecular complexity index is 1160. The molecule has 0 spiro atoms. The van der Waals surface area contributed by atoms with Crippen LogP contribution in [0.2, 0.25) is 0 Å². The molecule has 36 heavy (non-hydrogen) atoms. The van der Waals surface area contributed by atoms with Gasteiger partial charge in [-0.25, -0.2) is 9.98 Å². The van der Waals surface area contributed by atoms with Crippen LogP contribution in [0.5, 0.6) is 17.4 Å². The summed E-state index contributed by atoms with van der Waals surface area (Å²) in [5.41, 5.74) is 1.82. The molecule has 1 N–H and O–H groups in total. The summed E-state index contributed by atoms with van der Waals surface area (Å²) in [6.45, 7) is 6.21. The van der Waals surface area contributed by atoms with Gasteiger partial charge in [-0.1, -0.05) is 0 Å². The van der Waals surface area contributed by atoms with Gasteiger partial charge in [0.2, 0.25) is 11.8 Å². The summed E-state index contributed by atoms with van der Waals surface area (Å²) in [7, 11) is 3.12. The Hall–Kier alpha value is -3.70. The summed E-state index contributed by atoms with van der Waals surface area (Å²) in [5.74, 6) is 2.38. The number of nitrogens with one attached hydrogen (secondary N) is 1. The molecule has 1 saturated heterocycles. The van der Waals surface area contributed by atoms with E-state index in [-0.39, 0.29) is 5.91 Å². The Morgan fingerprint density at radius 3 is 2.72 bits per heavy atom. The van der Waals surface area contributed by atoms with Crippen molar-refractivity contribution in [2.45, 2.75) is 6.42 Å². The fourth-order valence-corrected chi connectivity index (χ4v) is 4.40. The highest BCUT2D eigenvalue weighted by atomic mass is 16.5. The van der Waals surface area contributed by atoms with E-state index in [4.69, 9.17) is 23.9 Å². The van der Waals surface area contributed by atoms with E-state index < -0.39 is 0 Å². The lowest BCUT2D eigenvalue weighted by Crippen LogP contribution is -2.47. The number of aliphatic imine (C=N–C) groups is 2. The fraction of sp³-hybridized carbons (Fsp3) is 0.440. The predicted octanol–water partition coefficient (Wildman–Crippen LogP) is 1.69. The fourth-order valence-electron chi connectivity index (χ4n) is 4.40. The van der Waals surface area contributed by atoms with Crippen LogP contribution < -0.4 is 19.5 Å². The molecular formula is C25H30N6O5. The van der Waals surface area contributed by atoms with Crippen molar-refractivity contribution in [1.29, 1.82) is 0 Å². The Labute approximate surface area is 209 Å². The van der Waals surface area contributed by atoms with Crippen molar-refractivity contribution < 1.29 is 23.7 Å². The number of carbonyl (C=O) groups excluding carboxylic acids is 1. The molecule has 0 bridgehead atoms. The molecule has 4 heterocycles. The standard InChI is InChI=1S/C25H30N6O5/c1-33-20-7-4-17(16-27-20)24(32)29-25-28-21-18(23-26-8-10-31(23)25)5-6-19(22(21)34-2)36-13-3-9-30-11-14-35-15-12-30/h4-7,16H,3,8-15H2,1-2H3,(H,28,29,32). The number of benzene rings is 1. The van der Waals surface area contributed by atoms with Crippen molar-refractivity contribution in [1.82, 2.24) is 20.1 Å². The minimum Gasteiger partial charge on any atom is -0.491 e. The van der Waals surface area contributed by atoms with Crippen LogP contribution in [-0.2, 0) is 4.74 Å². The number of methoxy groups -OCH3 is 2. The second-order valence-electron chi connectivity index (χ2n) is 8.48. The molecule has 0 atom stereocenters. The van der Waals surface area contributed by atoms with Crippen molar-refractivity contribution in [3.63, 3.8) is 0 Å². The maximum absolute atomic E-state index is 12.9. The number of ether oxygens (including phenoxy) is 4. The average molecular weight is 495 g/mol. The molecule has 0 aliphatic carbocycles. The van der Waals surface area contributed by atoms with Crippen LogP contribution in [0.25, 0.3) is 0 Å². The molecule has 190 valence electrons. The number of hydrogen-bond donors (Lipinski definition) is 1. The van der Waals surface area contributed by atoms with E-state index in [1.54, 1.807) is 19.2 Å². The van der Waals surface area contributed by atoms with E-state index in [2.05, 4.69) is 20.2 Å². The molecule has 1 aromatic carbocycles. The maximum atomic E-state index is 12.9. The van der Waals surface area contributed by atoms with Gasteiger partial charge in [-0.15, -0.1) is 0 Å². The largest absolute Gasteiger partial charge is 0.491 e. The lowest BCUT2D eigenvalue weighted by molar-refractivity contribution is 0.0357. The lowest BCUT2D eigenvalue weighted by Gasteiger charge is -2.29. The van der Waals surface area contributed by atoms with E-state index in [0.717, 1.165) is 50.7 Å². The van der Waals surface area contributed by atoms with Gasteiger partial charge in [-0.2, -0.15) is 0 Å². The summed E-state index contributed by atoms with van der Waals surface area (Å²) < 4.78 is 22.3. The van der Waals surface area contributed by atoms with E-state index in [0.29, 0.717) is 54.3 Å². The van der Waals surface area contributed by atoms with E-state index in [1.807, 2.05) is 17.0 Å². The van der Waals surface area contributed by atoms with Crippen molar-refractivity contribution in [2.24, 2.45) is 9.98 Å². The molecule has 5 rings (SSSR count). The summed E-state index contributed by atoms with van der Waals surface area (Å²) in [5, 5.41) is 2.91. The van der Waals surface area contributed by atoms with Crippen LogP contribution in [0, 0.1) is 0 Å². The van der Waals surface area contributed by atoms with Gasteiger partial charge in [-0.3, -0.25) is 24.9 Å². The van der Waals surface area contributed by atoms with Crippen LogP contribution in [-0.4, -0.2) is 99.3 Å². The van der Waals surface area contributed by atoms with Gasteiger partial charge >= 0.3 is 0 Å². The van der Waals surface area contributed by atoms with Gasteiger partial charge in [0, 0.05) is 44.0 Å². The molecule has 0 unspecified atom stereocenters. The molecule has 1 fully saturated rings. The number of guanidine groups is 1. The number of morpholine rings is 1. The molecule has 11 nitrogen and oxygen atoms in total. The summed E-state index contributed by atoms with van der Waals surface area (Å²) >= 11 is 0. The smallest absolute Gasteiger partial charge is 0.259 e. The summed E-state index contributed by atoms with van der Waals surface area (Å²) in [6, 6.07) is 7.14. The number of fused-ring (bicyclic) bond motifs is 3. The van der Waals surface area contributed by atoms with Gasteiger partial charge in [0.25, 0.3) is 5.91 Å². The SMILES string of the molecule is COc1ccc(C(=O)NC2=Nc3c(ccc(OCCCN4CCOCC4)c3OC)C3=NCCN23)cn1. The minimum absolute atomic E-state index is 0.326. The molecule has 11 heteroatoms. The van der Waals surface area contributed by atoms with Crippen LogP contribution in [0.15, 0.2) is 40.4 Å². The first-order chi connectivity index (χ1) is 17.7. The number of carbonyl (C=O) groups is 1. The molecule has 3 aliphatic heterocycles. The van der Waals surface area contributed by atoms with E-state index in [9.17, 15) is 4.79 Å². The predicted molar refractivity (Wildman–Crippen MR) is 134 cm³/mol. The van der Waals surface area contributed by atoms with Crippen LogP contribution >= 0.6 is 0 Å². The second kappa shape index (κ2) is 10.9. The molecule has 2 aromatic rings. The van der Waals surface area contributed by atoms with Gasteiger partial charge in [0.15, 0.2) is 11.5 Å². The Kier molecular flexibility index (Phi) is 7.28. The quantitative estimate of drug-likeness (QED) is 0.552. The van der Waals surface area contributed by atoms with Gasteiger partial charge in [0.1, 0.15) is 11.5 Å². The molecular weight excluding hydrogens is 464 g/mol. The second-order valence-corrected chi connectivity index (χ2v) is 8.48. The van der Waals surface area contributed by atoms with E-state index >= 15 is 0 Å². The van der Waals surface area contributed by atoms with Crippen molar-refractivity contribution in [3.8, 4) is 17.4 Å². The highest BCUT2D eigenvalue weighted by Crippen LogP contribution is 2.43. The molecule has 1 amide bonds. The maximum Gasteiger partial charge on any atom is 0.259 e. The Balaban J connectivity index is 1.34. The molecule has 1 aromatic heterocycles. The van der Waals surface area contributed by atoms with E-state index in [1.165, 1.54) is 13.3 Å². The number of hydrogen-bond acceptors (Lipinski definition) is 10. The number of amides is 1. The van der Waals surface area contributed by atoms with Crippen molar-refractivity contribution >= 4 is 23.4 Å². The topological polar surface area (TPSA) is 110 Å². The average Bonchev–Trinajstić information content (AvgIpc) is 3.42. The number of nitrogens with zero attached hydrogens (tertiary/aromatic N) is 5. The Morgan fingerprint density at radius 1 is 1.11 bits per heavy atom. The number of amidine groups is 1. The van der Waals surface area contributed by atoms with Crippen LogP contribution in [0.1, 0.15) is 22.3 Å². The zero-order chi connectivity index (χ0) is 24.9. The minimum atomic E-state index is -0.326. The van der Waals surface area contributed by atoms with Gasteiger partial charge in [-0.05, 0) is 24.6 Å². The highest BCUT2D eigenvalue weighted by molar-refractivity contribution is 6.20. The molecule has 0 saturated carbocycles. The third-order valence-corrected chi connectivity index (χ3v) is 6.27. The monoisotopic (exact) mass is 494 g/mol. The first-order valence-corrected chi connectivity index (χ1v) is 12.0. The molecule has 0 radical (unpaired) electrons. The third-order valence-electron chi connectivity index (χ3n) is 6.27. The highest BCUT2D eigenvalue weighted by Gasteiger charge is 2.33. The Morgan fingerprint density at radius 2 is 1.97 bits per heavy atom. The van der Waals surface area contributed by atoms with Crippen LogP contribution in [0.3, 0.4) is 0 Å². The third kappa shape index (κ3) is 4.98. The molecule has 3 aliphatic rings. The lowest BCUT2D eigenvalue weighted by atomic mass is 10.1. The first-order valence-electron chi connectivity index (χ1n) is 12.0. The number of rotatable bonds is 8. The normalized spacial score (nSPS) is 17.0.